The monoisotopic (exact) mass is 358 g/mol. The molecule has 1 aromatic heterocycles. The van der Waals surface area contributed by atoms with Gasteiger partial charge in [0.25, 0.3) is 5.56 Å². The number of hydrogen-bond acceptors (Lipinski definition) is 6. The van der Waals surface area contributed by atoms with E-state index in [1.807, 2.05) is 25.1 Å². The number of nitrogens with zero attached hydrogens (tertiary/aromatic N) is 2. The lowest BCUT2D eigenvalue weighted by atomic mass is 10.2. The van der Waals surface area contributed by atoms with Gasteiger partial charge in [-0.25, -0.2) is 10.4 Å². The lowest BCUT2D eigenvalue weighted by Gasteiger charge is -2.12. The second-order valence-electron chi connectivity index (χ2n) is 5.80. The molecule has 1 heterocycles. The lowest BCUT2D eigenvalue weighted by molar-refractivity contribution is 0.271. The summed E-state index contributed by atoms with van der Waals surface area (Å²) in [6.45, 7) is 7.07. The van der Waals surface area contributed by atoms with Crippen LogP contribution in [0.4, 0.5) is 5.95 Å². The largest absolute Gasteiger partial charge is 0.490 e. The maximum Gasteiger partial charge on any atom is 0.252 e. The Morgan fingerprint density at radius 3 is 2.77 bits per heavy atom. The number of aromatic amines is 1. The minimum Gasteiger partial charge on any atom is -0.490 e. The number of hydrogen-bond donors (Lipinski definition) is 2. The van der Waals surface area contributed by atoms with E-state index in [0.29, 0.717) is 30.6 Å². The fourth-order valence-electron chi connectivity index (χ4n) is 2.33. The van der Waals surface area contributed by atoms with Crippen molar-refractivity contribution in [1.82, 2.24) is 9.97 Å². The maximum absolute atomic E-state index is 11.4. The quantitative estimate of drug-likeness (QED) is 0.385. The summed E-state index contributed by atoms with van der Waals surface area (Å²) in [5, 5.41) is 4.11. The van der Waals surface area contributed by atoms with Crippen LogP contribution in [0.1, 0.15) is 44.4 Å². The van der Waals surface area contributed by atoms with Gasteiger partial charge in [0.05, 0.1) is 19.4 Å². The van der Waals surface area contributed by atoms with Crippen LogP contribution in [0, 0.1) is 6.92 Å². The number of aromatic nitrogens is 2. The van der Waals surface area contributed by atoms with E-state index in [2.05, 4.69) is 27.4 Å². The predicted octanol–water partition coefficient (Wildman–Crippen LogP) is 3.49. The Morgan fingerprint density at radius 1 is 1.19 bits per heavy atom. The molecule has 0 atom stereocenters. The van der Waals surface area contributed by atoms with Crippen LogP contribution in [-0.4, -0.2) is 29.4 Å². The summed E-state index contributed by atoms with van der Waals surface area (Å²) < 4.78 is 11.5. The maximum atomic E-state index is 11.4. The topological polar surface area (TPSA) is 88.6 Å². The summed E-state index contributed by atoms with van der Waals surface area (Å²) in [4.78, 5) is 18.1. The molecule has 0 fully saturated rings. The molecular weight excluding hydrogens is 332 g/mol. The zero-order valence-electron chi connectivity index (χ0n) is 15.5. The van der Waals surface area contributed by atoms with Crippen LogP contribution in [0.15, 0.2) is 34.2 Å². The number of nitrogens with one attached hydrogen (secondary N) is 2. The molecule has 7 nitrogen and oxygen atoms in total. The second-order valence-corrected chi connectivity index (χ2v) is 5.80. The Kier molecular flexibility index (Phi) is 7.67. The van der Waals surface area contributed by atoms with E-state index in [9.17, 15) is 4.79 Å². The molecule has 1 aromatic carbocycles. The van der Waals surface area contributed by atoms with Crippen molar-refractivity contribution in [3.63, 3.8) is 0 Å². The molecular formula is C19H26N4O3. The number of ether oxygens (including phenoxy) is 2. The summed E-state index contributed by atoms with van der Waals surface area (Å²) in [6, 6.07) is 7.07. The van der Waals surface area contributed by atoms with Crippen molar-refractivity contribution in [2.24, 2.45) is 5.10 Å². The summed E-state index contributed by atoms with van der Waals surface area (Å²) in [5.74, 6) is 1.72. The number of unbranched alkanes of at least 4 members (excludes halogenated alkanes) is 2. The van der Waals surface area contributed by atoms with Crippen molar-refractivity contribution in [2.45, 2.75) is 40.0 Å². The van der Waals surface area contributed by atoms with Crippen LogP contribution in [-0.2, 0) is 0 Å². The fourth-order valence-corrected chi connectivity index (χ4v) is 2.33. The molecule has 2 rings (SSSR count). The minimum absolute atomic E-state index is 0.224. The zero-order chi connectivity index (χ0) is 18.8. The van der Waals surface area contributed by atoms with Crippen molar-refractivity contribution in [3.05, 3.63) is 45.9 Å². The summed E-state index contributed by atoms with van der Waals surface area (Å²) >= 11 is 0. The van der Waals surface area contributed by atoms with E-state index < -0.39 is 0 Å². The average molecular weight is 358 g/mol. The molecule has 0 unspecified atom stereocenters. The van der Waals surface area contributed by atoms with Crippen LogP contribution < -0.4 is 20.5 Å². The first-order valence-electron chi connectivity index (χ1n) is 8.89. The Morgan fingerprint density at radius 2 is 2.04 bits per heavy atom. The van der Waals surface area contributed by atoms with Crippen LogP contribution in [0.25, 0.3) is 0 Å². The van der Waals surface area contributed by atoms with Crippen LogP contribution in [0.5, 0.6) is 11.5 Å². The van der Waals surface area contributed by atoms with E-state index in [1.54, 1.807) is 13.1 Å². The van der Waals surface area contributed by atoms with E-state index in [1.165, 1.54) is 6.07 Å². The van der Waals surface area contributed by atoms with Crippen molar-refractivity contribution >= 4 is 12.2 Å². The highest BCUT2D eigenvalue weighted by atomic mass is 16.5. The van der Waals surface area contributed by atoms with Gasteiger partial charge in [0.1, 0.15) is 0 Å². The molecule has 0 saturated carbocycles. The third-order valence-corrected chi connectivity index (χ3v) is 3.53. The van der Waals surface area contributed by atoms with Crippen molar-refractivity contribution < 1.29 is 9.47 Å². The van der Waals surface area contributed by atoms with Gasteiger partial charge in [0, 0.05) is 11.8 Å². The molecule has 140 valence electrons. The number of benzene rings is 1. The molecule has 0 spiro atoms. The number of rotatable bonds is 10. The van der Waals surface area contributed by atoms with Crippen molar-refractivity contribution in [2.75, 3.05) is 18.6 Å². The normalized spacial score (nSPS) is 10.9. The smallest absolute Gasteiger partial charge is 0.252 e. The summed E-state index contributed by atoms with van der Waals surface area (Å²) in [6.07, 6.45) is 4.96. The Balaban J connectivity index is 2.04. The Hall–Kier alpha value is -2.83. The molecule has 0 aliphatic rings. The van der Waals surface area contributed by atoms with Gasteiger partial charge in [-0.15, -0.1) is 0 Å². The van der Waals surface area contributed by atoms with E-state index in [0.717, 1.165) is 30.6 Å². The highest BCUT2D eigenvalue weighted by Gasteiger charge is 2.06. The fraction of sp³-hybridized carbons (Fsp3) is 0.421. The van der Waals surface area contributed by atoms with Crippen LogP contribution >= 0.6 is 0 Å². The predicted molar refractivity (Wildman–Crippen MR) is 103 cm³/mol. The van der Waals surface area contributed by atoms with Gasteiger partial charge >= 0.3 is 0 Å². The molecule has 0 aliphatic heterocycles. The van der Waals surface area contributed by atoms with Gasteiger partial charge in [-0.2, -0.15) is 5.10 Å². The SMILES string of the molecule is CCCCCOc1ccc(/C=N/Nc2nc(C)cc(=O)[nH]2)cc1OCC. The van der Waals surface area contributed by atoms with Gasteiger partial charge in [-0.1, -0.05) is 19.8 Å². The molecule has 2 N–H and O–H groups in total. The Labute approximate surface area is 153 Å². The molecule has 0 saturated heterocycles. The second kappa shape index (κ2) is 10.2. The third kappa shape index (κ3) is 6.23. The number of aryl methyl sites for hydroxylation is 1. The van der Waals surface area contributed by atoms with E-state index in [4.69, 9.17) is 9.47 Å². The molecule has 0 aliphatic carbocycles. The number of anilines is 1. The van der Waals surface area contributed by atoms with Gasteiger partial charge in [-0.05, 0) is 44.0 Å². The van der Waals surface area contributed by atoms with Crippen molar-refractivity contribution in [3.8, 4) is 11.5 Å². The first kappa shape index (κ1) is 19.5. The third-order valence-electron chi connectivity index (χ3n) is 3.53. The zero-order valence-corrected chi connectivity index (χ0v) is 15.5. The standard InChI is InChI=1S/C19H26N4O3/c1-4-6-7-10-26-16-9-8-15(12-17(16)25-5-2)13-20-23-19-21-14(3)11-18(24)22-19/h8-9,11-13H,4-7,10H2,1-3H3,(H2,21,22,23,24)/b20-13+. The van der Waals surface area contributed by atoms with Gasteiger partial charge < -0.3 is 9.47 Å². The molecule has 0 bridgehead atoms. The van der Waals surface area contributed by atoms with Gasteiger partial charge in [0.2, 0.25) is 5.95 Å². The Bertz CT molecular complexity index is 787. The lowest BCUT2D eigenvalue weighted by Crippen LogP contribution is -2.10. The summed E-state index contributed by atoms with van der Waals surface area (Å²) in [7, 11) is 0. The first-order valence-corrected chi connectivity index (χ1v) is 8.89. The highest BCUT2D eigenvalue weighted by molar-refractivity contribution is 5.81. The number of hydrazone groups is 1. The molecule has 0 radical (unpaired) electrons. The molecule has 26 heavy (non-hydrogen) atoms. The van der Waals surface area contributed by atoms with Crippen LogP contribution in [0.3, 0.4) is 0 Å². The molecule has 2 aromatic rings. The minimum atomic E-state index is -0.224. The average Bonchev–Trinajstić information content (AvgIpc) is 2.59. The van der Waals surface area contributed by atoms with E-state index >= 15 is 0 Å². The molecule has 7 heteroatoms. The first-order chi connectivity index (χ1) is 12.6. The van der Waals surface area contributed by atoms with E-state index in [-0.39, 0.29) is 5.56 Å². The highest BCUT2D eigenvalue weighted by Crippen LogP contribution is 2.28. The molecule has 0 amide bonds. The van der Waals surface area contributed by atoms with Crippen LogP contribution in [0.2, 0.25) is 0 Å². The van der Waals surface area contributed by atoms with Gasteiger partial charge in [-0.3, -0.25) is 9.78 Å². The number of H-pyrrole nitrogens is 1. The van der Waals surface area contributed by atoms with Crippen molar-refractivity contribution in [1.29, 1.82) is 0 Å². The van der Waals surface area contributed by atoms with Gasteiger partial charge in [0.15, 0.2) is 11.5 Å². The summed E-state index contributed by atoms with van der Waals surface area (Å²) in [5.41, 5.74) is 3.96.